The number of thiocarbonyl (C=S) groups is 1. The molecule has 0 bridgehead atoms. The van der Waals surface area contributed by atoms with E-state index in [1.165, 1.54) is 11.3 Å². The van der Waals surface area contributed by atoms with E-state index in [2.05, 4.69) is 34.7 Å². The molecule has 21 heavy (non-hydrogen) atoms. The van der Waals surface area contributed by atoms with Crippen molar-refractivity contribution in [3.05, 3.63) is 5.01 Å². The van der Waals surface area contributed by atoms with E-state index in [1.54, 1.807) is 0 Å². The Morgan fingerprint density at radius 2 is 2.19 bits per heavy atom. The average molecular weight is 369 g/mol. The van der Waals surface area contributed by atoms with E-state index in [1.807, 2.05) is 0 Å². The van der Waals surface area contributed by atoms with E-state index < -0.39 is 15.2 Å². The van der Waals surface area contributed by atoms with E-state index in [-0.39, 0.29) is 17.5 Å². The summed E-state index contributed by atoms with van der Waals surface area (Å²) in [6, 6.07) is -0.375. The first-order chi connectivity index (χ1) is 9.75. The van der Waals surface area contributed by atoms with E-state index in [9.17, 15) is 8.42 Å². The van der Waals surface area contributed by atoms with Gasteiger partial charge in [0.1, 0.15) is 5.01 Å². The summed E-state index contributed by atoms with van der Waals surface area (Å²) in [5.74, 6) is 0.487. The molecule has 0 spiro atoms. The van der Waals surface area contributed by atoms with Gasteiger partial charge in [0, 0.05) is 6.42 Å². The first-order valence-corrected chi connectivity index (χ1v) is 9.98. The zero-order valence-corrected chi connectivity index (χ0v) is 14.9. The van der Waals surface area contributed by atoms with Crippen molar-refractivity contribution in [2.45, 2.75) is 31.7 Å². The number of alkyl halides is 1. The van der Waals surface area contributed by atoms with Crippen molar-refractivity contribution in [1.29, 1.82) is 0 Å². The summed E-state index contributed by atoms with van der Waals surface area (Å²) >= 11 is 12.6. The van der Waals surface area contributed by atoms with Crippen LogP contribution in [0.3, 0.4) is 0 Å². The van der Waals surface area contributed by atoms with Crippen LogP contribution in [0, 0.1) is 5.92 Å². The second-order valence-corrected chi connectivity index (χ2v) is 9.58. The van der Waals surface area contributed by atoms with Crippen molar-refractivity contribution in [3.63, 3.8) is 0 Å². The number of halogens is 1. The standard InChI is InChI=1S/C11H17ClN4O2S3/c1-6(2)3-9-15-16-11(20-9)14-10(19)13-8-5-21(17,18)4-7(8)12/h6-8H,3-5H2,1-2H3,(H2,13,14,16,19)/t7-,8-/m1/s1. The van der Waals surface area contributed by atoms with E-state index in [4.69, 9.17) is 23.8 Å². The Kier molecular flexibility index (Phi) is 5.39. The van der Waals surface area contributed by atoms with Crippen LogP contribution >= 0.6 is 35.2 Å². The molecule has 2 N–H and O–H groups in total. The maximum atomic E-state index is 11.5. The third kappa shape index (κ3) is 5.01. The fourth-order valence-electron chi connectivity index (χ4n) is 1.97. The van der Waals surface area contributed by atoms with Crippen LogP contribution in [-0.2, 0) is 16.3 Å². The molecule has 0 aromatic carbocycles. The fourth-order valence-corrected chi connectivity index (χ4v) is 5.79. The van der Waals surface area contributed by atoms with Crippen molar-refractivity contribution in [2.75, 3.05) is 16.8 Å². The van der Waals surface area contributed by atoms with Crippen LogP contribution in [0.5, 0.6) is 0 Å². The molecule has 1 fully saturated rings. The maximum Gasteiger partial charge on any atom is 0.211 e. The lowest BCUT2D eigenvalue weighted by Crippen LogP contribution is -2.42. The largest absolute Gasteiger partial charge is 0.357 e. The molecule has 1 aromatic rings. The molecule has 0 unspecified atom stereocenters. The minimum absolute atomic E-state index is 0.00228. The molecule has 2 heterocycles. The molecule has 1 aromatic heterocycles. The highest BCUT2D eigenvalue weighted by molar-refractivity contribution is 7.91. The van der Waals surface area contributed by atoms with Crippen molar-refractivity contribution >= 4 is 55.2 Å². The number of anilines is 1. The molecule has 2 rings (SSSR count). The molecule has 1 aliphatic heterocycles. The van der Waals surface area contributed by atoms with Crippen LogP contribution in [0.2, 0.25) is 0 Å². The van der Waals surface area contributed by atoms with Gasteiger partial charge in [-0.15, -0.1) is 21.8 Å². The van der Waals surface area contributed by atoms with Crippen LogP contribution < -0.4 is 10.6 Å². The summed E-state index contributed by atoms with van der Waals surface area (Å²) in [5.41, 5.74) is 0. The second kappa shape index (κ2) is 6.72. The first-order valence-electron chi connectivity index (χ1n) is 6.49. The molecule has 0 saturated carbocycles. The minimum atomic E-state index is -3.08. The van der Waals surface area contributed by atoms with Crippen LogP contribution in [0.4, 0.5) is 5.13 Å². The lowest BCUT2D eigenvalue weighted by atomic mass is 10.1. The van der Waals surface area contributed by atoms with Gasteiger partial charge in [0.05, 0.1) is 22.9 Å². The Bertz CT molecular complexity index is 617. The Labute approximate surface area is 138 Å². The lowest BCUT2D eigenvalue weighted by molar-refractivity contribution is 0.600. The number of rotatable bonds is 4. The van der Waals surface area contributed by atoms with Gasteiger partial charge >= 0.3 is 0 Å². The van der Waals surface area contributed by atoms with Crippen LogP contribution in [-0.4, -0.2) is 46.7 Å². The van der Waals surface area contributed by atoms with Crippen molar-refractivity contribution in [3.8, 4) is 0 Å². The second-order valence-electron chi connectivity index (χ2n) is 5.40. The van der Waals surface area contributed by atoms with Crippen molar-refractivity contribution in [2.24, 2.45) is 5.92 Å². The monoisotopic (exact) mass is 368 g/mol. The number of nitrogens with zero attached hydrogens (tertiary/aromatic N) is 2. The molecule has 0 amide bonds. The topological polar surface area (TPSA) is 84.0 Å². The molecule has 10 heteroatoms. The quantitative estimate of drug-likeness (QED) is 0.614. The molecular formula is C11H17ClN4O2S3. The summed E-state index contributed by atoms with van der Waals surface area (Å²) in [6.45, 7) is 4.23. The Hall–Kier alpha value is -0.510. The van der Waals surface area contributed by atoms with Gasteiger partial charge in [-0.25, -0.2) is 8.42 Å². The molecule has 0 radical (unpaired) electrons. The molecule has 1 saturated heterocycles. The predicted octanol–water partition coefficient (Wildman–Crippen LogP) is 1.43. The van der Waals surface area contributed by atoms with E-state index >= 15 is 0 Å². The van der Waals surface area contributed by atoms with Crippen molar-refractivity contribution in [1.82, 2.24) is 15.5 Å². The molecular weight excluding hydrogens is 352 g/mol. The molecule has 6 nitrogen and oxygen atoms in total. The number of hydrogen-bond acceptors (Lipinski definition) is 6. The van der Waals surface area contributed by atoms with Crippen molar-refractivity contribution < 1.29 is 8.42 Å². The van der Waals surface area contributed by atoms with Gasteiger partial charge in [0.15, 0.2) is 14.9 Å². The third-order valence-corrected chi connectivity index (χ3v) is 6.33. The minimum Gasteiger partial charge on any atom is -0.357 e. The Morgan fingerprint density at radius 3 is 2.76 bits per heavy atom. The zero-order valence-electron chi connectivity index (χ0n) is 11.7. The van der Waals surface area contributed by atoms with Crippen LogP contribution in [0.25, 0.3) is 0 Å². The smallest absolute Gasteiger partial charge is 0.211 e. The summed E-state index contributed by atoms with van der Waals surface area (Å²) < 4.78 is 23.0. The third-order valence-electron chi connectivity index (χ3n) is 2.87. The molecule has 118 valence electrons. The summed E-state index contributed by atoms with van der Waals surface area (Å²) in [7, 11) is -3.08. The highest BCUT2D eigenvalue weighted by atomic mass is 35.5. The molecule has 2 atom stereocenters. The van der Waals surface area contributed by atoms with E-state index in [0.717, 1.165) is 11.4 Å². The van der Waals surface area contributed by atoms with Crippen LogP contribution in [0.1, 0.15) is 18.9 Å². The maximum absolute atomic E-state index is 11.5. The Morgan fingerprint density at radius 1 is 1.48 bits per heavy atom. The average Bonchev–Trinajstić information content (AvgIpc) is 2.82. The van der Waals surface area contributed by atoms with Gasteiger partial charge in [-0.05, 0) is 18.1 Å². The summed E-state index contributed by atoms with van der Waals surface area (Å²) in [6.07, 6.45) is 0.865. The predicted molar refractivity (Wildman–Crippen MR) is 89.9 cm³/mol. The van der Waals surface area contributed by atoms with Gasteiger partial charge in [0.2, 0.25) is 5.13 Å². The van der Waals surface area contributed by atoms with Gasteiger partial charge in [-0.1, -0.05) is 25.2 Å². The SMILES string of the molecule is CC(C)Cc1nnc(NC(=S)N[C@@H]2CS(=O)(=O)C[C@H]2Cl)s1. The lowest BCUT2D eigenvalue weighted by Gasteiger charge is -2.16. The normalized spacial score (nSPS) is 24.2. The van der Waals surface area contributed by atoms with Gasteiger partial charge in [-0.2, -0.15) is 0 Å². The van der Waals surface area contributed by atoms with Gasteiger partial charge < -0.3 is 10.6 Å². The summed E-state index contributed by atoms with van der Waals surface area (Å²) in [5, 5.41) is 15.3. The highest BCUT2D eigenvalue weighted by Crippen LogP contribution is 2.20. The number of sulfone groups is 1. The number of nitrogens with one attached hydrogen (secondary N) is 2. The van der Waals surface area contributed by atoms with Gasteiger partial charge in [-0.3, -0.25) is 0 Å². The number of aromatic nitrogens is 2. The van der Waals surface area contributed by atoms with Crippen LogP contribution in [0.15, 0.2) is 0 Å². The Balaban J connectivity index is 1.89. The zero-order chi connectivity index (χ0) is 15.6. The molecule has 1 aliphatic rings. The number of hydrogen-bond donors (Lipinski definition) is 2. The summed E-state index contributed by atoms with van der Waals surface area (Å²) in [4.78, 5) is 0. The van der Waals surface area contributed by atoms with Gasteiger partial charge in [0.25, 0.3) is 0 Å². The first kappa shape index (κ1) is 16.9. The highest BCUT2D eigenvalue weighted by Gasteiger charge is 2.36. The fraction of sp³-hybridized carbons (Fsp3) is 0.727. The molecule has 0 aliphatic carbocycles. The van der Waals surface area contributed by atoms with E-state index in [0.29, 0.717) is 16.2 Å².